The van der Waals surface area contributed by atoms with E-state index in [2.05, 4.69) is 31.2 Å². The lowest BCUT2D eigenvalue weighted by Crippen LogP contribution is -2.18. The van der Waals surface area contributed by atoms with E-state index in [1.165, 1.54) is 12.3 Å². The van der Waals surface area contributed by atoms with Crippen LogP contribution in [0.5, 0.6) is 0 Å². The van der Waals surface area contributed by atoms with E-state index in [0.717, 1.165) is 21.4 Å². The third kappa shape index (κ3) is 3.28. The van der Waals surface area contributed by atoms with Gasteiger partial charge >= 0.3 is 0 Å². The van der Waals surface area contributed by atoms with Crippen LogP contribution in [-0.4, -0.2) is 14.4 Å². The minimum Gasteiger partial charge on any atom is -0.306 e. The van der Waals surface area contributed by atoms with E-state index < -0.39 is 0 Å². The van der Waals surface area contributed by atoms with E-state index in [1.54, 1.807) is 6.20 Å². The maximum Gasteiger partial charge on any atom is 0.141 e. The molecular formula is C15H14BrFN4. The van der Waals surface area contributed by atoms with Crippen molar-refractivity contribution in [2.75, 3.05) is 0 Å². The molecule has 1 N–H and O–H groups in total. The zero-order valence-electron chi connectivity index (χ0n) is 11.4. The van der Waals surface area contributed by atoms with Crippen LogP contribution in [0.25, 0.3) is 5.65 Å². The van der Waals surface area contributed by atoms with Crippen molar-refractivity contribution in [3.05, 3.63) is 64.5 Å². The molecule has 0 aromatic carbocycles. The Hall–Kier alpha value is -1.79. The van der Waals surface area contributed by atoms with Crippen LogP contribution in [0.2, 0.25) is 0 Å². The number of hydrogen-bond acceptors (Lipinski definition) is 3. The lowest BCUT2D eigenvalue weighted by atomic mass is 10.1. The number of hydrogen-bond donors (Lipinski definition) is 1. The lowest BCUT2D eigenvalue weighted by Gasteiger charge is -2.12. The third-order valence-corrected chi connectivity index (χ3v) is 3.75. The molecule has 21 heavy (non-hydrogen) atoms. The van der Waals surface area contributed by atoms with Gasteiger partial charge in [0.15, 0.2) is 0 Å². The molecule has 3 heterocycles. The van der Waals surface area contributed by atoms with Gasteiger partial charge in [0.2, 0.25) is 0 Å². The van der Waals surface area contributed by atoms with Gasteiger partial charge in [-0.15, -0.1) is 0 Å². The predicted molar refractivity (Wildman–Crippen MR) is 82.3 cm³/mol. The van der Waals surface area contributed by atoms with Gasteiger partial charge < -0.3 is 9.72 Å². The van der Waals surface area contributed by atoms with Crippen LogP contribution in [0, 0.1) is 5.82 Å². The number of imidazole rings is 1. The average molecular weight is 349 g/mol. The molecule has 0 fully saturated rings. The SMILES string of the molecule is CC(NCc1cn2cc(Br)ccc2n1)c1cncc(F)c1. The Kier molecular flexibility index (Phi) is 3.98. The van der Waals surface area contributed by atoms with Gasteiger partial charge in [-0.05, 0) is 46.6 Å². The van der Waals surface area contributed by atoms with Gasteiger partial charge in [0.1, 0.15) is 11.5 Å². The number of halogens is 2. The molecule has 0 aliphatic rings. The monoisotopic (exact) mass is 348 g/mol. The number of fused-ring (bicyclic) bond motifs is 1. The number of nitrogens with zero attached hydrogens (tertiary/aromatic N) is 3. The summed E-state index contributed by atoms with van der Waals surface area (Å²) >= 11 is 3.43. The topological polar surface area (TPSA) is 42.2 Å². The van der Waals surface area contributed by atoms with E-state index in [4.69, 9.17) is 0 Å². The number of aromatic nitrogens is 3. The van der Waals surface area contributed by atoms with Crippen molar-refractivity contribution in [1.82, 2.24) is 19.7 Å². The number of pyridine rings is 2. The van der Waals surface area contributed by atoms with Crippen molar-refractivity contribution in [2.45, 2.75) is 19.5 Å². The summed E-state index contributed by atoms with van der Waals surface area (Å²) in [6.07, 6.45) is 6.81. The first-order chi connectivity index (χ1) is 10.1. The van der Waals surface area contributed by atoms with Crippen LogP contribution >= 0.6 is 15.9 Å². The molecule has 108 valence electrons. The number of rotatable bonds is 4. The van der Waals surface area contributed by atoms with Gasteiger partial charge in [-0.1, -0.05) is 0 Å². The molecule has 0 amide bonds. The molecule has 0 saturated heterocycles. The molecule has 3 aromatic rings. The van der Waals surface area contributed by atoms with Crippen molar-refractivity contribution in [1.29, 1.82) is 0 Å². The Labute approximate surface area is 130 Å². The molecule has 1 unspecified atom stereocenters. The highest BCUT2D eigenvalue weighted by atomic mass is 79.9. The Morgan fingerprint density at radius 1 is 1.33 bits per heavy atom. The Bertz CT molecular complexity index is 771. The fourth-order valence-electron chi connectivity index (χ4n) is 2.14. The highest BCUT2D eigenvalue weighted by Gasteiger charge is 2.08. The molecule has 0 saturated carbocycles. The maximum absolute atomic E-state index is 13.2. The highest BCUT2D eigenvalue weighted by molar-refractivity contribution is 9.10. The molecule has 0 radical (unpaired) electrons. The summed E-state index contributed by atoms with van der Waals surface area (Å²) in [5.41, 5.74) is 2.65. The van der Waals surface area contributed by atoms with Crippen LogP contribution in [0.4, 0.5) is 4.39 Å². The van der Waals surface area contributed by atoms with E-state index >= 15 is 0 Å². The van der Waals surface area contributed by atoms with Crippen molar-refractivity contribution >= 4 is 21.6 Å². The van der Waals surface area contributed by atoms with Gasteiger partial charge in [-0.3, -0.25) is 4.98 Å². The van der Waals surface area contributed by atoms with Crippen LogP contribution in [0.15, 0.2) is 47.5 Å². The fraction of sp³-hybridized carbons (Fsp3) is 0.200. The van der Waals surface area contributed by atoms with Crippen molar-refractivity contribution < 1.29 is 4.39 Å². The number of nitrogens with one attached hydrogen (secondary N) is 1. The Morgan fingerprint density at radius 3 is 3.00 bits per heavy atom. The van der Waals surface area contributed by atoms with Crippen LogP contribution in [0.3, 0.4) is 0 Å². The van der Waals surface area contributed by atoms with Gasteiger partial charge in [-0.25, -0.2) is 9.37 Å². The summed E-state index contributed by atoms with van der Waals surface area (Å²) in [5, 5.41) is 3.32. The molecular weight excluding hydrogens is 335 g/mol. The smallest absolute Gasteiger partial charge is 0.141 e. The minimum atomic E-state index is -0.321. The van der Waals surface area contributed by atoms with Crippen LogP contribution < -0.4 is 5.32 Å². The minimum absolute atomic E-state index is 0.00440. The first-order valence-corrected chi connectivity index (χ1v) is 7.38. The standard InChI is InChI=1S/C15H14BrFN4/c1-10(11-4-13(17)6-18-5-11)19-7-14-9-21-8-12(16)2-3-15(21)20-14/h2-6,8-10,19H,7H2,1H3. The largest absolute Gasteiger partial charge is 0.306 e. The summed E-state index contributed by atoms with van der Waals surface area (Å²) in [7, 11) is 0. The van der Waals surface area contributed by atoms with E-state index in [0.29, 0.717) is 6.54 Å². The molecule has 0 aliphatic heterocycles. The van der Waals surface area contributed by atoms with Gasteiger partial charge in [0.25, 0.3) is 0 Å². The summed E-state index contributed by atoms with van der Waals surface area (Å²) < 4.78 is 16.1. The predicted octanol–water partition coefficient (Wildman–Crippen LogP) is 3.48. The van der Waals surface area contributed by atoms with Crippen molar-refractivity contribution in [2.24, 2.45) is 0 Å². The normalized spacial score (nSPS) is 12.7. The van der Waals surface area contributed by atoms with E-state index in [-0.39, 0.29) is 11.9 Å². The summed E-state index contributed by atoms with van der Waals surface area (Å²) in [4.78, 5) is 8.39. The molecule has 4 nitrogen and oxygen atoms in total. The molecule has 6 heteroatoms. The summed E-state index contributed by atoms with van der Waals surface area (Å²) in [6, 6.07) is 5.41. The quantitative estimate of drug-likeness (QED) is 0.784. The lowest BCUT2D eigenvalue weighted by molar-refractivity contribution is 0.556. The fourth-order valence-corrected chi connectivity index (χ4v) is 2.50. The van der Waals surface area contributed by atoms with Crippen molar-refractivity contribution in [3.8, 4) is 0 Å². The van der Waals surface area contributed by atoms with E-state index in [9.17, 15) is 4.39 Å². The molecule has 0 spiro atoms. The first kappa shape index (κ1) is 14.2. The second-order valence-electron chi connectivity index (χ2n) is 4.88. The molecule has 3 aromatic heterocycles. The Morgan fingerprint density at radius 2 is 2.19 bits per heavy atom. The van der Waals surface area contributed by atoms with Gasteiger partial charge in [-0.2, -0.15) is 0 Å². The summed E-state index contributed by atoms with van der Waals surface area (Å²) in [5.74, 6) is -0.321. The van der Waals surface area contributed by atoms with Crippen molar-refractivity contribution in [3.63, 3.8) is 0 Å². The first-order valence-electron chi connectivity index (χ1n) is 6.59. The highest BCUT2D eigenvalue weighted by Crippen LogP contribution is 2.15. The maximum atomic E-state index is 13.2. The summed E-state index contributed by atoms with van der Waals surface area (Å²) in [6.45, 7) is 2.58. The molecule has 0 aliphatic carbocycles. The second kappa shape index (κ2) is 5.91. The van der Waals surface area contributed by atoms with Gasteiger partial charge in [0.05, 0.1) is 11.9 Å². The second-order valence-corrected chi connectivity index (χ2v) is 5.80. The van der Waals surface area contributed by atoms with Crippen LogP contribution in [0.1, 0.15) is 24.2 Å². The van der Waals surface area contributed by atoms with E-state index in [1.807, 2.05) is 35.9 Å². The molecule has 0 bridgehead atoms. The zero-order chi connectivity index (χ0) is 14.8. The van der Waals surface area contributed by atoms with Crippen LogP contribution in [-0.2, 0) is 6.54 Å². The third-order valence-electron chi connectivity index (χ3n) is 3.28. The Balaban J connectivity index is 1.71. The van der Waals surface area contributed by atoms with Gasteiger partial charge in [0, 0.05) is 35.6 Å². The average Bonchev–Trinajstić information content (AvgIpc) is 2.86. The molecule has 1 atom stereocenters. The zero-order valence-corrected chi connectivity index (χ0v) is 13.0. The molecule has 3 rings (SSSR count).